The van der Waals surface area contributed by atoms with Crippen molar-refractivity contribution in [1.82, 2.24) is 5.32 Å². The molecule has 0 aromatic heterocycles. The minimum atomic E-state index is 0.820. The molecule has 0 spiro atoms. The van der Waals surface area contributed by atoms with Gasteiger partial charge in [-0.2, -0.15) is 0 Å². The lowest BCUT2D eigenvalue weighted by atomic mass is 9.98. The van der Waals surface area contributed by atoms with E-state index in [9.17, 15) is 0 Å². The molecule has 1 aromatic carbocycles. The van der Waals surface area contributed by atoms with Crippen molar-refractivity contribution in [2.24, 2.45) is 5.92 Å². The molecule has 0 saturated carbocycles. The molecule has 1 saturated heterocycles. The summed E-state index contributed by atoms with van der Waals surface area (Å²) in [5.74, 6) is 0.820. The van der Waals surface area contributed by atoms with Crippen molar-refractivity contribution < 1.29 is 0 Å². The Morgan fingerprint density at radius 2 is 1.82 bits per heavy atom. The van der Waals surface area contributed by atoms with E-state index in [1.54, 1.807) is 0 Å². The van der Waals surface area contributed by atoms with Crippen LogP contribution in [0.15, 0.2) is 16.6 Å². The molecule has 1 heterocycles. The van der Waals surface area contributed by atoms with E-state index in [-0.39, 0.29) is 0 Å². The Hall–Kier alpha value is -0.540. The van der Waals surface area contributed by atoms with Crippen molar-refractivity contribution in [2.75, 3.05) is 25.0 Å². The zero-order chi connectivity index (χ0) is 12.3. The molecule has 0 bridgehead atoms. The molecular weight excluding hydrogens is 276 g/mol. The SMILES string of the molecule is Cc1cc(NCC2CCNCC2)cc(C)c1Br. The van der Waals surface area contributed by atoms with Gasteiger partial charge in [0.15, 0.2) is 0 Å². The van der Waals surface area contributed by atoms with E-state index in [2.05, 4.69) is 52.5 Å². The van der Waals surface area contributed by atoms with E-state index in [1.165, 1.54) is 47.2 Å². The average Bonchev–Trinajstić information content (AvgIpc) is 2.34. The van der Waals surface area contributed by atoms with Gasteiger partial charge >= 0.3 is 0 Å². The Labute approximate surface area is 112 Å². The van der Waals surface area contributed by atoms with Crippen molar-refractivity contribution >= 4 is 21.6 Å². The number of piperidine rings is 1. The summed E-state index contributed by atoms with van der Waals surface area (Å²) in [5, 5.41) is 6.98. The fourth-order valence-corrected chi connectivity index (χ4v) is 2.62. The second-order valence-electron chi connectivity index (χ2n) is 5.00. The van der Waals surface area contributed by atoms with E-state index in [0.717, 1.165) is 12.5 Å². The van der Waals surface area contributed by atoms with Crippen LogP contribution in [0.4, 0.5) is 5.69 Å². The lowest BCUT2D eigenvalue weighted by molar-refractivity contribution is 0.390. The molecule has 2 rings (SSSR count). The van der Waals surface area contributed by atoms with Crippen LogP contribution in [-0.4, -0.2) is 19.6 Å². The summed E-state index contributed by atoms with van der Waals surface area (Å²) in [6.07, 6.45) is 2.59. The second-order valence-corrected chi connectivity index (χ2v) is 5.79. The fourth-order valence-electron chi connectivity index (χ4n) is 2.40. The Balaban J connectivity index is 1.94. The highest BCUT2D eigenvalue weighted by atomic mass is 79.9. The summed E-state index contributed by atoms with van der Waals surface area (Å²) in [5.41, 5.74) is 3.86. The van der Waals surface area contributed by atoms with Gasteiger partial charge < -0.3 is 10.6 Å². The molecule has 1 fully saturated rings. The van der Waals surface area contributed by atoms with Gasteiger partial charge in [-0.25, -0.2) is 0 Å². The summed E-state index contributed by atoms with van der Waals surface area (Å²) >= 11 is 3.60. The molecule has 2 N–H and O–H groups in total. The smallest absolute Gasteiger partial charge is 0.0346 e. The van der Waals surface area contributed by atoms with Crippen LogP contribution in [0.3, 0.4) is 0 Å². The van der Waals surface area contributed by atoms with Gasteiger partial charge in [-0.15, -0.1) is 0 Å². The fraction of sp³-hybridized carbons (Fsp3) is 0.571. The first-order chi connectivity index (χ1) is 8.16. The predicted octanol–water partition coefficient (Wildman–Crippen LogP) is 3.48. The van der Waals surface area contributed by atoms with Crippen LogP contribution >= 0.6 is 15.9 Å². The quantitative estimate of drug-likeness (QED) is 0.892. The second kappa shape index (κ2) is 5.87. The van der Waals surface area contributed by atoms with Crippen molar-refractivity contribution in [3.8, 4) is 0 Å². The molecule has 0 unspecified atom stereocenters. The molecule has 0 radical (unpaired) electrons. The van der Waals surface area contributed by atoms with Crippen LogP contribution in [0.25, 0.3) is 0 Å². The Bertz CT molecular complexity index is 361. The van der Waals surface area contributed by atoms with Gasteiger partial charge in [0.05, 0.1) is 0 Å². The molecule has 1 aliphatic heterocycles. The van der Waals surface area contributed by atoms with Gasteiger partial charge in [-0.3, -0.25) is 0 Å². The molecule has 1 aromatic rings. The summed E-state index contributed by atoms with van der Waals surface area (Å²) in [6.45, 7) is 7.73. The number of benzene rings is 1. The molecule has 3 heteroatoms. The van der Waals surface area contributed by atoms with E-state index >= 15 is 0 Å². The summed E-state index contributed by atoms with van der Waals surface area (Å²) < 4.78 is 1.23. The highest BCUT2D eigenvalue weighted by Gasteiger charge is 2.12. The van der Waals surface area contributed by atoms with Crippen LogP contribution < -0.4 is 10.6 Å². The number of nitrogens with one attached hydrogen (secondary N) is 2. The van der Waals surface area contributed by atoms with Crippen LogP contribution in [0.5, 0.6) is 0 Å². The molecule has 0 amide bonds. The predicted molar refractivity (Wildman–Crippen MR) is 77.7 cm³/mol. The molecule has 17 heavy (non-hydrogen) atoms. The summed E-state index contributed by atoms with van der Waals surface area (Å²) in [6, 6.07) is 4.44. The molecule has 0 atom stereocenters. The Morgan fingerprint density at radius 3 is 2.41 bits per heavy atom. The maximum atomic E-state index is 3.60. The summed E-state index contributed by atoms with van der Waals surface area (Å²) in [7, 11) is 0. The van der Waals surface area contributed by atoms with Crippen molar-refractivity contribution in [3.05, 3.63) is 27.7 Å². The van der Waals surface area contributed by atoms with Crippen molar-refractivity contribution in [2.45, 2.75) is 26.7 Å². The largest absolute Gasteiger partial charge is 0.385 e. The molecule has 0 aliphatic carbocycles. The Morgan fingerprint density at radius 1 is 1.24 bits per heavy atom. The standard InChI is InChI=1S/C14H21BrN2/c1-10-7-13(8-11(2)14(10)15)17-9-12-3-5-16-6-4-12/h7-8,12,16-17H,3-6,9H2,1-2H3. The van der Waals surface area contributed by atoms with Crippen molar-refractivity contribution in [1.29, 1.82) is 0 Å². The third kappa shape index (κ3) is 3.46. The number of hydrogen-bond acceptors (Lipinski definition) is 2. The number of aryl methyl sites for hydroxylation is 2. The first-order valence-electron chi connectivity index (χ1n) is 6.38. The number of rotatable bonds is 3. The zero-order valence-electron chi connectivity index (χ0n) is 10.6. The minimum absolute atomic E-state index is 0.820. The van der Waals surface area contributed by atoms with Gasteiger partial charge in [-0.05, 0) is 69.0 Å². The van der Waals surface area contributed by atoms with Gasteiger partial charge in [0.25, 0.3) is 0 Å². The Kier molecular flexibility index (Phi) is 4.46. The molecule has 2 nitrogen and oxygen atoms in total. The van der Waals surface area contributed by atoms with Crippen LogP contribution in [0, 0.1) is 19.8 Å². The van der Waals surface area contributed by atoms with E-state index in [1.807, 2.05) is 0 Å². The maximum absolute atomic E-state index is 3.60. The number of anilines is 1. The van der Waals surface area contributed by atoms with Crippen LogP contribution in [-0.2, 0) is 0 Å². The number of hydrogen-bond donors (Lipinski definition) is 2. The lowest BCUT2D eigenvalue weighted by Crippen LogP contribution is -2.31. The molecule has 94 valence electrons. The van der Waals surface area contributed by atoms with Crippen LogP contribution in [0.1, 0.15) is 24.0 Å². The zero-order valence-corrected chi connectivity index (χ0v) is 12.2. The van der Waals surface area contributed by atoms with E-state index in [4.69, 9.17) is 0 Å². The van der Waals surface area contributed by atoms with Crippen LogP contribution in [0.2, 0.25) is 0 Å². The highest BCUT2D eigenvalue weighted by molar-refractivity contribution is 9.10. The summed E-state index contributed by atoms with van der Waals surface area (Å²) in [4.78, 5) is 0. The van der Waals surface area contributed by atoms with E-state index in [0.29, 0.717) is 0 Å². The third-order valence-electron chi connectivity index (χ3n) is 3.49. The monoisotopic (exact) mass is 296 g/mol. The average molecular weight is 297 g/mol. The van der Waals surface area contributed by atoms with Crippen molar-refractivity contribution in [3.63, 3.8) is 0 Å². The third-order valence-corrected chi connectivity index (χ3v) is 4.74. The van der Waals surface area contributed by atoms with Gasteiger partial charge in [-0.1, -0.05) is 15.9 Å². The lowest BCUT2D eigenvalue weighted by Gasteiger charge is -2.23. The normalized spacial score (nSPS) is 17.1. The first kappa shape index (κ1) is 12.9. The first-order valence-corrected chi connectivity index (χ1v) is 7.17. The molecular formula is C14H21BrN2. The highest BCUT2D eigenvalue weighted by Crippen LogP contribution is 2.25. The number of halogens is 1. The minimum Gasteiger partial charge on any atom is -0.385 e. The van der Waals surface area contributed by atoms with Gasteiger partial charge in [0.1, 0.15) is 0 Å². The topological polar surface area (TPSA) is 24.1 Å². The van der Waals surface area contributed by atoms with E-state index < -0.39 is 0 Å². The maximum Gasteiger partial charge on any atom is 0.0346 e. The molecule has 1 aliphatic rings. The van der Waals surface area contributed by atoms with Gasteiger partial charge in [0, 0.05) is 16.7 Å². The van der Waals surface area contributed by atoms with Gasteiger partial charge in [0.2, 0.25) is 0 Å².